The van der Waals surface area contributed by atoms with E-state index in [2.05, 4.69) is 4.98 Å². The zero-order valence-electron chi connectivity index (χ0n) is 9.88. The van der Waals surface area contributed by atoms with Crippen molar-refractivity contribution >= 4 is 34.0 Å². The topological polar surface area (TPSA) is 60.9 Å². The van der Waals surface area contributed by atoms with Gasteiger partial charge < -0.3 is 5.73 Å². The van der Waals surface area contributed by atoms with Crippen molar-refractivity contribution in [3.05, 3.63) is 59.6 Å². The van der Waals surface area contributed by atoms with Crippen LogP contribution in [0.2, 0.25) is 5.15 Å². The largest absolute Gasteiger partial charge is 0.399 e. The lowest BCUT2D eigenvalue weighted by Crippen LogP contribution is -2.12. The van der Waals surface area contributed by atoms with Crippen LogP contribution >= 0.6 is 11.6 Å². The Morgan fingerprint density at radius 2 is 1.79 bits per heavy atom. The first kappa shape index (κ1) is 11.7. The number of hydrogen-bond donors (Lipinski definition) is 1. The van der Waals surface area contributed by atoms with Crippen LogP contribution in [0.1, 0.15) is 10.5 Å². The Bertz CT molecular complexity index is 726. The fraction of sp³-hybridized carbons (Fsp3) is 0. The third-order valence-corrected chi connectivity index (χ3v) is 3.02. The van der Waals surface area contributed by atoms with Gasteiger partial charge in [0, 0.05) is 18.1 Å². The number of rotatable bonds is 1. The molecule has 0 fully saturated rings. The summed E-state index contributed by atoms with van der Waals surface area (Å²) < 4.78 is 1.49. The monoisotopic (exact) mass is 271 g/mol. The number of benzene rings is 1. The molecule has 2 heterocycles. The second-order valence-corrected chi connectivity index (χ2v) is 4.60. The Hall–Kier alpha value is -2.33. The summed E-state index contributed by atoms with van der Waals surface area (Å²) in [6.07, 6.45) is 3.52. The third-order valence-electron chi connectivity index (χ3n) is 2.82. The van der Waals surface area contributed by atoms with E-state index >= 15 is 0 Å². The summed E-state index contributed by atoms with van der Waals surface area (Å²) in [7, 11) is 0. The van der Waals surface area contributed by atoms with Crippen molar-refractivity contribution in [3.8, 4) is 0 Å². The zero-order valence-corrected chi connectivity index (χ0v) is 10.6. The molecule has 0 aliphatic heterocycles. The molecule has 0 radical (unpaired) electrons. The van der Waals surface area contributed by atoms with Gasteiger partial charge in [-0.1, -0.05) is 35.9 Å². The Balaban J connectivity index is 2.07. The number of halogens is 1. The molecular formula is C14H10ClN3O. The number of fused-ring (bicyclic) bond motifs is 1. The minimum atomic E-state index is -0.259. The summed E-state index contributed by atoms with van der Waals surface area (Å²) in [6, 6.07) is 10.8. The fourth-order valence-electron chi connectivity index (χ4n) is 1.96. The molecule has 0 atom stereocenters. The molecule has 94 valence electrons. The van der Waals surface area contributed by atoms with E-state index in [0.29, 0.717) is 5.69 Å². The van der Waals surface area contributed by atoms with Crippen molar-refractivity contribution < 1.29 is 4.79 Å². The van der Waals surface area contributed by atoms with Crippen molar-refractivity contribution in [3.63, 3.8) is 0 Å². The number of nitrogen functional groups attached to an aromatic ring is 1. The van der Waals surface area contributed by atoms with Gasteiger partial charge in [0.1, 0.15) is 10.8 Å². The van der Waals surface area contributed by atoms with E-state index in [1.807, 2.05) is 24.3 Å². The quantitative estimate of drug-likeness (QED) is 0.692. The summed E-state index contributed by atoms with van der Waals surface area (Å²) in [5.74, 6) is -0.259. The van der Waals surface area contributed by atoms with Crippen molar-refractivity contribution in [2.24, 2.45) is 0 Å². The molecule has 0 saturated carbocycles. The molecule has 0 unspecified atom stereocenters. The van der Waals surface area contributed by atoms with Crippen molar-refractivity contribution in [1.82, 2.24) is 9.55 Å². The Morgan fingerprint density at radius 3 is 2.37 bits per heavy atom. The van der Waals surface area contributed by atoms with E-state index in [1.54, 1.807) is 12.4 Å². The number of carbonyl (C=O) groups is 1. The van der Waals surface area contributed by atoms with E-state index in [9.17, 15) is 4.79 Å². The van der Waals surface area contributed by atoms with Gasteiger partial charge in [-0.3, -0.25) is 9.36 Å². The molecule has 0 amide bonds. The summed E-state index contributed by atoms with van der Waals surface area (Å²) >= 11 is 5.81. The molecular weight excluding hydrogens is 262 g/mol. The highest BCUT2D eigenvalue weighted by molar-refractivity contribution is 6.29. The van der Waals surface area contributed by atoms with Crippen molar-refractivity contribution in [2.75, 3.05) is 5.73 Å². The number of pyridine rings is 1. The maximum absolute atomic E-state index is 12.3. The molecule has 2 aromatic heterocycles. The average Bonchev–Trinajstić information content (AvgIpc) is 2.80. The number of carbonyl (C=O) groups excluding carboxylic acids is 1. The number of aromatic nitrogens is 2. The fourth-order valence-corrected chi connectivity index (χ4v) is 2.18. The van der Waals surface area contributed by atoms with Gasteiger partial charge in [0.15, 0.2) is 0 Å². The highest BCUT2D eigenvalue weighted by atomic mass is 35.5. The van der Waals surface area contributed by atoms with Crippen LogP contribution in [0.3, 0.4) is 0 Å². The lowest BCUT2D eigenvalue weighted by molar-refractivity contribution is 0.0956. The second kappa shape index (κ2) is 4.40. The van der Waals surface area contributed by atoms with Gasteiger partial charge in [-0.05, 0) is 22.9 Å². The molecule has 0 bridgehead atoms. The molecule has 4 nitrogen and oxygen atoms in total. The van der Waals surface area contributed by atoms with Gasteiger partial charge in [-0.2, -0.15) is 0 Å². The van der Waals surface area contributed by atoms with Crippen LogP contribution in [0.15, 0.2) is 48.8 Å². The lowest BCUT2D eigenvalue weighted by atomic mass is 10.2. The Morgan fingerprint density at radius 1 is 1.16 bits per heavy atom. The summed E-state index contributed by atoms with van der Waals surface area (Å²) in [6.45, 7) is 0. The smallest absolute Gasteiger partial charge is 0.280 e. The normalized spacial score (nSPS) is 10.8. The van der Waals surface area contributed by atoms with Crippen LogP contribution in [-0.2, 0) is 0 Å². The predicted octanol–water partition coefficient (Wildman–Crippen LogP) is 2.96. The molecule has 2 N–H and O–H groups in total. The molecule has 3 aromatic rings. The Labute approximate surface area is 114 Å². The third kappa shape index (κ3) is 2.18. The zero-order chi connectivity index (χ0) is 13.4. The highest BCUT2D eigenvalue weighted by Gasteiger charge is 2.12. The number of nitrogens with two attached hydrogens (primary N) is 1. The summed E-state index contributed by atoms with van der Waals surface area (Å²) in [5.41, 5.74) is 6.31. The van der Waals surface area contributed by atoms with Gasteiger partial charge in [0.05, 0.1) is 0 Å². The van der Waals surface area contributed by atoms with E-state index in [0.717, 1.165) is 10.8 Å². The van der Waals surface area contributed by atoms with E-state index in [4.69, 9.17) is 17.3 Å². The standard InChI is InChI=1S/C14H10ClN3O/c15-13-6-11(16)5-12(17-13)14(19)18-7-9-3-1-2-4-10(9)8-18/h1-8H,(H2,16,17). The first-order chi connectivity index (χ1) is 9.13. The first-order valence-corrected chi connectivity index (χ1v) is 6.06. The summed E-state index contributed by atoms with van der Waals surface area (Å²) in [4.78, 5) is 16.3. The van der Waals surface area contributed by atoms with E-state index in [1.165, 1.54) is 16.7 Å². The van der Waals surface area contributed by atoms with Crippen molar-refractivity contribution in [2.45, 2.75) is 0 Å². The molecule has 0 aliphatic carbocycles. The molecule has 0 aliphatic rings. The first-order valence-electron chi connectivity index (χ1n) is 5.68. The van der Waals surface area contributed by atoms with Gasteiger partial charge in [-0.25, -0.2) is 4.98 Å². The van der Waals surface area contributed by atoms with Gasteiger partial charge in [0.2, 0.25) is 0 Å². The number of hydrogen-bond acceptors (Lipinski definition) is 3. The van der Waals surface area contributed by atoms with Crippen LogP contribution in [-0.4, -0.2) is 15.5 Å². The maximum atomic E-state index is 12.3. The van der Waals surface area contributed by atoms with Crippen LogP contribution in [0.4, 0.5) is 5.69 Å². The molecule has 0 spiro atoms. The molecule has 0 saturated heterocycles. The number of anilines is 1. The van der Waals surface area contributed by atoms with Gasteiger partial charge in [0.25, 0.3) is 5.91 Å². The Kier molecular flexibility index (Phi) is 2.72. The van der Waals surface area contributed by atoms with Crippen LogP contribution in [0.5, 0.6) is 0 Å². The number of nitrogens with zero attached hydrogens (tertiary/aromatic N) is 2. The minimum absolute atomic E-state index is 0.208. The minimum Gasteiger partial charge on any atom is -0.399 e. The second-order valence-electron chi connectivity index (χ2n) is 4.21. The van der Waals surface area contributed by atoms with E-state index < -0.39 is 0 Å². The lowest BCUT2D eigenvalue weighted by Gasteiger charge is -2.02. The summed E-state index contributed by atoms with van der Waals surface area (Å²) in [5, 5.41) is 2.19. The van der Waals surface area contributed by atoms with E-state index in [-0.39, 0.29) is 16.8 Å². The maximum Gasteiger partial charge on any atom is 0.280 e. The van der Waals surface area contributed by atoms with Crippen LogP contribution < -0.4 is 5.73 Å². The predicted molar refractivity (Wildman–Crippen MR) is 75.3 cm³/mol. The van der Waals surface area contributed by atoms with Gasteiger partial charge >= 0.3 is 0 Å². The van der Waals surface area contributed by atoms with Crippen molar-refractivity contribution in [1.29, 1.82) is 0 Å². The van der Waals surface area contributed by atoms with Crippen LogP contribution in [0, 0.1) is 0 Å². The van der Waals surface area contributed by atoms with Crippen LogP contribution in [0.25, 0.3) is 10.8 Å². The SMILES string of the molecule is Nc1cc(Cl)nc(C(=O)n2cc3ccccc3c2)c1. The molecule has 19 heavy (non-hydrogen) atoms. The molecule has 1 aromatic carbocycles. The van der Waals surface area contributed by atoms with Gasteiger partial charge in [-0.15, -0.1) is 0 Å². The average molecular weight is 272 g/mol. The highest BCUT2D eigenvalue weighted by Crippen LogP contribution is 2.17. The molecule has 5 heteroatoms. The molecule has 3 rings (SSSR count).